The summed E-state index contributed by atoms with van der Waals surface area (Å²) in [7, 11) is 2.97. The summed E-state index contributed by atoms with van der Waals surface area (Å²) in [6, 6.07) is 23.1. The molecule has 0 aliphatic rings. The molecule has 7 nitrogen and oxygen atoms in total. The Morgan fingerprint density at radius 2 is 1.47 bits per heavy atom. The third-order valence-corrected chi connectivity index (χ3v) is 4.88. The molecule has 1 aromatic heterocycles. The van der Waals surface area contributed by atoms with Gasteiger partial charge >= 0.3 is 0 Å². The third kappa shape index (κ3) is 4.37. The maximum absolute atomic E-state index is 12.9. The van der Waals surface area contributed by atoms with Crippen LogP contribution < -0.4 is 20.1 Å². The Hall–Kier alpha value is -4.39. The van der Waals surface area contributed by atoms with Crippen LogP contribution in [0.2, 0.25) is 0 Å². The maximum Gasteiger partial charge on any atom is 0.263 e. The summed E-state index contributed by atoms with van der Waals surface area (Å²) < 4.78 is 10.6. The highest BCUT2D eigenvalue weighted by molar-refractivity contribution is 6.09. The lowest BCUT2D eigenvalue weighted by Gasteiger charge is -2.13. The van der Waals surface area contributed by atoms with Crippen LogP contribution in [0.1, 0.15) is 20.7 Å². The molecule has 0 fully saturated rings. The number of ether oxygens (including phenoxy) is 2. The van der Waals surface area contributed by atoms with Gasteiger partial charge < -0.3 is 20.1 Å². The summed E-state index contributed by atoms with van der Waals surface area (Å²) in [5, 5.41) is 6.58. The lowest BCUT2D eigenvalue weighted by Crippen LogP contribution is -2.16. The van der Waals surface area contributed by atoms with E-state index in [1.165, 1.54) is 14.2 Å². The largest absolute Gasteiger partial charge is 0.496 e. The van der Waals surface area contributed by atoms with E-state index in [1.807, 2.05) is 30.3 Å². The SMILES string of the molecule is COc1cccc(OC)c1C(=O)Nc1cccc(C(=O)Nc2ccc3ccccc3n2)c1. The summed E-state index contributed by atoms with van der Waals surface area (Å²) in [5.74, 6) is 0.477. The van der Waals surface area contributed by atoms with Crippen molar-refractivity contribution in [2.24, 2.45) is 0 Å². The summed E-state index contributed by atoms with van der Waals surface area (Å²) >= 11 is 0. The number of carbonyl (C=O) groups excluding carboxylic acids is 2. The molecule has 2 N–H and O–H groups in total. The van der Waals surface area contributed by atoms with Gasteiger partial charge in [0.1, 0.15) is 22.9 Å². The van der Waals surface area contributed by atoms with Crippen LogP contribution in [0.15, 0.2) is 78.9 Å². The number of nitrogens with zero attached hydrogens (tertiary/aromatic N) is 1. The monoisotopic (exact) mass is 427 g/mol. The number of methoxy groups -OCH3 is 2. The zero-order valence-corrected chi connectivity index (χ0v) is 17.6. The molecule has 4 aromatic rings. The quantitative estimate of drug-likeness (QED) is 0.463. The molecule has 0 saturated heterocycles. The summed E-state index contributed by atoms with van der Waals surface area (Å²) in [6.07, 6.45) is 0. The molecule has 7 heteroatoms. The molecule has 0 saturated carbocycles. The fourth-order valence-corrected chi connectivity index (χ4v) is 3.33. The van der Waals surface area contributed by atoms with Crippen LogP contribution in [0.3, 0.4) is 0 Å². The predicted molar refractivity (Wildman–Crippen MR) is 124 cm³/mol. The van der Waals surface area contributed by atoms with Crippen molar-refractivity contribution < 1.29 is 19.1 Å². The highest BCUT2D eigenvalue weighted by Gasteiger charge is 2.19. The molecule has 0 radical (unpaired) electrons. The number of para-hydroxylation sites is 1. The second-order valence-electron chi connectivity index (χ2n) is 6.92. The second kappa shape index (κ2) is 9.18. The van der Waals surface area contributed by atoms with E-state index in [4.69, 9.17) is 9.47 Å². The number of carbonyl (C=O) groups is 2. The van der Waals surface area contributed by atoms with Crippen molar-refractivity contribution in [2.45, 2.75) is 0 Å². The van der Waals surface area contributed by atoms with Crippen LogP contribution in [0.5, 0.6) is 11.5 Å². The number of fused-ring (bicyclic) bond motifs is 1. The van der Waals surface area contributed by atoms with Crippen LogP contribution in [0.4, 0.5) is 11.5 Å². The van der Waals surface area contributed by atoms with Gasteiger partial charge in [0, 0.05) is 16.6 Å². The van der Waals surface area contributed by atoms with Crippen molar-refractivity contribution in [1.29, 1.82) is 0 Å². The van der Waals surface area contributed by atoms with Gasteiger partial charge in [0.25, 0.3) is 11.8 Å². The van der Waals surface area contributed by atoms with E-state index in [0.717, 1.165) is 10.9 Å². The van der Waals surface area contributed by atoms with Gasteiger partial charge in [0.05, 0.1) is 19.7 Å². The van der Waals surface area contributed by atoms with Crippen molar-refractivity contribution in [3.05, 3.63) is 90.0 Å². The fourth-order valence-electron chi connectivity index (χ4n) is 3.33. The molecule has 32 heavy (non-hydrogen) atoms. The molecule has 160 valence electrons. The molecule has 0 spiro atoms. The van der Waals surface area contributed by atoms with E-state index >= 15 is 0 Å². The molecule has 2 amide bonds. The second-order valence-corrected chi connectivity index (χ2v) is 6.92. The van der Waals surface area contributed by atoms with Crippen LogP contribution >= 0.6 is 0 Å². The van der Waals surface area contributed by atoms with Gasteiger partial charge in [-0.3, -0.25) is 9.59 Å². The van der Waals surface area contributed by atoms with Crippen molar-refractivity contribution in [2.75, 3.05) is 24.9 Å². The average Bonchev–Trinajstić information content (AvgIpc) is 2.83. The molecule has 0 unspecified atom stereocenters. The highest BCUT2D eigenvalue weighted by atomic mass is 16.5. The first kappa shape index (κ1) is 20.9. The number of amides is 2. The van der Waals surface area contributed by atoms with Gasteiger partial charge in [-0.05, 0) is 48.5 Å². The number of nitrogens with one attached hydrogen (secondary N) is 2. The Morgan fingerprint density at radius 3 is 2.22 bits per heavy atom. The van der Waals surface area contributed by atoms with Gasteiger partial charge in [0.15, 0.2) is 0 Å². The van der Waals surface area contributed by atoms with Gasteiger partial charge in [-0.2, -0.15) is 0 Å². The maximum atomic E-state index is 12.9. The molecule has 3 aromatic carbocycles. The first-order chi connectivity index (χ1) is 15.6. The minimum atomic E-state index is -0.409. The van der Waals surface area contributed by atoms with Crippen molar-refractivity contribution >= 4 is 34.2 Å². The molecular formula is C25H21N3O4. The lowest BCUT2D eigenvalue weighted by molar-refractivity contribution is 0.101. The van der Waals surface area contributed by atoms with Crippen molar-refractivity contribution in [3.63, 3.8) is 0 Å². The number of pyridine rings is 1. The molecule has 0 atom stereocenters. The number of hydrogen-bond acceptors (Lipinski definition) is 5. The minimum Gasteiger partial charge on any atom is -0.496 e. The predicted octanol–water partition coefficient (Wildman–Crippen LogP) is 4.76. The highest BCUT2D eigenvalue weighted by Crippen LogP contribution is 2.29. The van der Waals surface area contributed by atoms with Crippen LogP contribution in [-0.2, 0) is 0 Å². The number of benzene rings is 3. The number of hydrogen-bond donors (Lipinski definition) is 2. The summed E-state index contributed by atoms with van der Waals surface area (Å²) in [5.41, 5.74) is 1.90. The van der Waals surface area contributed by atoms with E-state index in [9.17, 15) is 9.59 Å². The Morgan fingerprint density at radius 1 is 0.750 bits per heavy atom. The van der Waals surface area contributed by atoms with E-state index in [-0.39, 0.29) is 11.5 Å². The molecule has 4 rings (SSSR count). The minimum absolute atomic E-state index is 0.271. The third-order valence-electron chi connectivity index (χ3n) is 4.88. The van der Waals surface area contributed by atoms with Gasteiger partial charge in [-0.1, -0.05) is 30.3 Å². The first-order valence-corrected chi connectivity index (χ1v) is 9.88. The van der Waals surface area contributed by atoms with Crippen LogP contribution in [0.25, 0.3) is 10.9 Å². The van der Waals surface area contributed by atoms with Crippen molar-refractivity contribution in [1.82, 2.24) is 4.98 Å². The normalized spacial score (nSPS) is 10.4. The Bertz CT molecular complexity index is 1280. The van der Waals surface area contributed by atoms with Gasteiger partial charge in [-0.25, -0.2) is 4.98 Å². The van der Waals surface area contributed by atoms with Crippen LogP contribution in [0, 0.1) is 0 Å². The molecular weight excluding hydrogens is 406 g/mol. The number of anilines is 2. The molecule has 0 bridgehead atoms. The zero-order chi connectivity index (χ0) is 22.5. The smallest absolute Gasteiger partial charge is 0.263 e. The van der Waals surface area contributed by atoms with E-state index in [0.29, 0.717) is 28.6 Å². The Balaban J connectivity index is 1.53. The summed E-state index contributed by atoms with van der Waals surface area (Å²) in [6.45, 7) is 0. The van der Waals surface area contributed by atoms with E-state index in [1.54, 1.807) is 48.5 Å². The fraction of sp³-hybridized carbons (Fsp3) is 0.0800. The van der Waals surface area contributed by atoms with E-state index in [2.05, 4.69) is 15.6 Å². The number of rotatable bonds is 6. The molecule has 1 heterocycles. The topological polar surface area (TPSA) is 89.5 Å². The van der Waals surface area contributed by atoms with Gasteiger partial charge in [0.2, 0.25) is 0 Å². The van der Waals surface area contributed by atoms with Gasteiger partial charge in [-0.15, -0.1) is 0 Å². The Kier molecular flexibility index (Phi) is 5.98. The standard InChI is InChI=1S/C25H21N3O4/c1-31-20-11-6-12-21(32-2)23(20)25(30)26-18-9-5-8-17(15-18)24(29)28-22-14-13-16-7-3-4-10-19(16)27-22/h3-15H,1-2H3,(H,26,30)(H,27,28,29). The lowest BCUT2D eigenvalue weighted by atomic mass is 10.1. The zero-order valence-electron chi connectivity index (χ0n) is 17.6. The van der Waals surface area contributed by atoms with Crippen molar-refractivity contribution in [3.8, 4) is 11.5 Å². The molecule has 0 aliphatic heterocycles. The number of aromatic nitrogens is 1. The van der Waals surface area contributed by atoms with Crippen LogP contribution in [-0.4, -0.2) is 31.0 Å². The summed E-state index contributed by atoms with van der Waals surface area (Å²) in [4.78, 5) is 30.1. The first-order valence-electron chi connectivity index (χ1n) is 9.88. The Labute approximate surface area is 185 Å². The molecule has 0 aliphatic carbocycles. The van der Waals surface area contributed by atoms with E-state index < -0.39 is 5.91 Å². The average molecular weight is 427 g/mol.